The molecule has 1 aliphatic rings. The molecule has 1 heterocycles. The summed E-state index contributed by atoms with van der Waals surface area (Å²) in [7, 11) is 0. The molecule has 7 heteroatoms. The molecule has 7 nitrogen and oxygen atoms in total. The number of carbonyl (C=O) groups is 3. The first-order chi connectivity index (χ1) is 17.5. The van der Waals surface area contributed by atoms with E-state index in [1.165, 1.54) is 0 Å². The van der Waals surface area contributed by atoms with Crippen LogP contribution in [0.5, 0.6) is 5.75 Å². The van der Waals surface area contributed by atoms with E-state index >= 15 is 0 Å². The Bertz CT molecular complexity index is 1190. The van der Waals surface area contributed by atoms with Crippen LogP contribution in [0.3, 0.4) is 0 Å². The molecule has 1 saturated heterocycles. The summed E-state index contributed by atoms with van der Waals surface area (Å²) in [6.07, 6.45) is 2.72. The van der Waals surface area contributed by atoms with Gasteiger partial charge >= 0.3 is 0 Å². The van der Waals surface area contributed by atoms with Gasteiger partial charge in [0, 0.05) is 35.5 Å². The lowest BCUT2D eigenvalue weighted by atomic mass is 10.0. The molecule has 1 fully saturated rings. The number of nitrogens with one attached hydrogen (secondary N) is 2. The first kappa shape index (κ1) is 25.0. The van der Waals surface area contributed by atoms with Gasteiger partial charge in [-0.15, -0.1) is 0 Å². The third kappa shape index (κ3) is 6.30. The molecule has 0 spiro atoms. The average molecular weight is 486 g/mol. The van der Waals surface area contributed by atoms with Crippen molar-refractivity contribution in [3.8, 4) is 5.75 Å². The zero-order valence-corrected chi connectivity index (χ0v) is 20.4. The maximum absolute atomic E-state index is 13.0. The largest absolute Gasteiger partial charge is 0.483 e. The number of hydrogen-bond donors (Lipinski definition) is 2. The van der Waals surface area contributed by atoms with Crippen molar-refractivity contribution in [3.63, 3.8) is 0 Å². The minimum Gasteiger partial charge on any atom is -0.483 e. The summed E-state index contributed by atoms with van der Waals surface area (Å²) in [6, 6.07) is 22.9. The third-order valence-corrected chi connectivity index (χ3v) is 6.26. The van der Waals surface area contributed by atoms with Gasteiger partial charge in [-0.25, -0.2) is 0 Å². The van der Waals surface area contributed by atoms with Crippen LogP contribution in [0.25, 0.3) is 0 Å². The van der Waals surface area contributed by atoms with Crippen molar-refractivity contribution in [2.45, 2.75) is 32.2 Å². The zero-order chi connectivity index (χ0) is 25.3. The summed E-state index contributed by atoms with van der Waals surface area (Å²) < 4.78 is 5.89. The van der Waals surface area contributed by atoms with Crippen molar-refractivity contribution in [1.29, 1.82) is 0 Å². The van der Waals surface area contributed by atoms with E-state index in [2.05, 4.69) is 10.6 Å². The molecule has 0 aliphatic carbocycles. The highest BCUT2D eigenvalue weighted by atomic mass is 16.5. The van der Waals surface area contributed by atoms with Gasteiger partial charge in [0.25, 0.3) is 17.7 Å². The van der Waals surface area contributed by atoms with Gasteiger partial charge in [-0.05, 0) is 61.7 Å². The lowest BCUT2D eigenvalue weighted by molar-refractivity contribution is -0.132. The standard InChI is InChI=1S/C29H31N3O4/c1-2-25(24-12-6-7-13-26(24)36-20-27(33)32-18-8-9-19-32)31-29(35)22-14-16-23(17-15-22)30-28(34)21-10-4-3-5-11-21/h3-7,10-17,25H,2,8-9,18-20H2,1H3,(H,30,34)(H,31,35). The van der Waals surface area contributed by atoms with E-state index in [0.29, 0.717) is 29.0 Å². The maximum Gasteiger partial charge on any atom is 0.260 e. The smallest absolute Gasteiger partial charge is 0.260 e. The summed E-state index contributed by atoms with van der Waals surface area (Å²) in [5, 5.41) is 5.90. The number of likely N-dealkylation sites (tertiary alicyclic amines) is 1. The fourth-order valence-electron chi connectivity index (χ4n) is 4.24. The van der Waals surface area contributed by atoms with E-state index in [0.717, 1.165) is 31.5 Å². The van der Waals surface area contributed by atoms with E-state index < -0.39 is 0 Å². The Kier molecular flexibility index (Phi) is 8.34. The van der Waals surface area contributed by atoms with Crippen molar-refractivity contribution >= 4 is 23.4 Å². The number of benzene rings is 3. The van der Waals surface area contributed by atoms with Gasteiger partial charge in [-0.3, -0.25) is 14.4 Å². The Balaban J connectivity index is 1.38. The maximum atomic E-state index is 13.0. The van der Waals surface area contributed by atoms with E-state index in [1.54, 1.807) is 48.5 Å². The molecule has 2 N–H and O–H groups in total. The van der Waals surface area contributed by atoms with Crippen LogP contribution in [0.4, 0.5) is 5.69 Å². The van der Waals surface area contributed by atoms with E-state index in [9.17, 15) is 14.4 Å². The normalized spacial score (nSPS) is 13.6. The summed E-state index contributed by atoms with van der Waals surface area (Å²) >= 11 is 0. The topological polar surface area (TPSA) is 87.7 Å². The molecule has 0 aromatic heterocycles. The minimum atomic E-state index is -0.284. The molecule has 0 saturated carbocycles. The van der Waals surface area contributed by atoms with Gasteiger partial charge < -0.3 is 20.3 Å². The molecule has 1 atom stereocenters. The molecule has 4 rings (SSSR count). The Hall–Kier alpha value is -4.13. The molecular weight excluding hydrogens is 454 g/mol. The molecule has 36 heavy (non-hydrogen) atoms. The summed E-state index contributed by atoms with van der Waals surface area (Å²) in [4.78, 5) is 39.6. The van der Waals surface area contributed by atoms with Gasteiger partial charge in [0.15, 0.2) is 6.61 Å². The number of anilines is 1. The lowest BCUT2D eigenvalue weighted by Gasteiger charge is -2.22. The van der Waals surface area contributed by atoms with Gasteiger partial charge in [-0.1, -0.05) is 43.3 Å². The number of nitrogens with zero attached hydrogens (tertiary/aromatic N) is 1. The van der Waals surface area contributed by atoms with Crippen molar-refractivity contribution in [2.24, 2.45) is 0 Å². The highest BCUT2D eigenvalue weighted by Crippen LogP contribution is 2.28. The van der Waals surface area contributed by atoms with Gasteiger partial charge in [0.2, 0.25) is 0 Å². The molecule has 3 amide bonds. The summed E-state index contributed by atoms with van der Waals surface area (Å²) in [6.45, 7) is 3.54. The quantitative estimate of drug-likeness (QED) is 0.455. The number of carbonyl (C=O) groups excluding carboxylic acids is 3. The minimum absolute atomic E-state index is 0.0150. The van der Waals surface area contributed by atoms with Crippen molar-refractivity contribution in [2.75, 3.05) is 25.0 Å². The molecule has 1 unspecified atom stereocenters. The second-order valence-electron chi connectivity index (χ2n) is 8.75. The summed E-state index contributed by atoms with van der Waals surface area (Å²) in [5.74, 6) is 0.138. The third-order valence-electron chi connectivity index (χ3n) is 6.26. The van der Waals surface area contributed by atoms with Crippen LogP contribution >= 0.6 is 0 Å². The Morgan fingerprint density at radius 1 is 0.833 bits per heavy atom. The number of ether oxygens (including phenoxy) is 1. The SMILES string of the molecule is CCC(NC(=O)c1ccc(NC(=O)c2ccccc2)cc1)c1ccccc1OCC(=O)N1CCCC1. The molecule has 0 radical (unpaired) electrons. The van der Waals surface area contributed by atoms with Crippen LogP contribution in [0.15, 0.2) is 78.9 Å². The van der Waals surface area contributed by atoms with Crippen LogP contribution in [-0.4, -0.2) is 42.3 Å². The van der Waals surface area contributed by atoms with Crippen LogP contribution in [0.1, 0.15) is 58.5 Å². The monoisotopic (exact) mass is 485 g/mol. The highest BCUT2D eigenvalue weighted by molar-refractivity contribution is 6.04. The fourth-order valence-corrected chi connectivity index (χ4v) is 4.24. The lowest BCUT2D eigenvalue weighted by Crippen LogP contribution is -2.32. The molecule has 3 aromatic carbocycles. The van der Waals surface area contributed by atoms with Crippen molar-refractivity contribution in [3.05, 3.63) is 95.6 Å². The van der Waals surface area contributed by atoms with Crippen molar-refractivity contribution in [1.82, 2.24) is 10.2 Å². The first-order valence-electron chi connectivity index (χ1n) is 12.3. The van der Waals surface area contributed by atoms with Crippen LogP contribution in [0, 0.1) is 0 Å². The molecule has 3 aromatic rings. The second kappa shape index (κ2) is 12.0. The van der Waals surface area contributed by atoms with Gasteiger partial charge in [0.05, 0.1) is 6.04 Å². The Morgan fingerprint density at radius 2 is 1.47 bits per heavy atom. The van der Waals surface area contributed by atoms with Crippen LogP contribution < -0.4 is 15.4 Å². The van der Waals surface area contributed by atoms with Crippen LogP contribution in [0.2, 0.25) is 0 Å². The van der Waals surface area contributed by atoms with Gasteiger partial charge in [-0.2, -0.15) is 0 Å². The summed E-state index contributed by atoms with van der Waals surface area (Å²) in [5.41, 5.74) is 2.48. The predicted molar refractivity (Wildman–Crippen MR) is 139 cm³/mol. The first-order valence-corrected chi connectivity index (χ1v) is 12.3. The van der Waals surface area contributed by atoms with Gasteiger partial charge in [0.1, 0.15) is 5.75 Å². The molecule has 186 valence electrons. The second-order valence-corrected chi connectivity index (χ2v) is 8.75. The highest BCUT2D eigenvalue weighted by Gasteiger charge is 2.21. The Morgan fingerprint density at radius 3 is 2.17 bits per heavy atom. The fraction of sp³-hybridized carbons (Fsp3) is 0.276. The van der Waals surface area contributed by atoms with E-state index in [-0.39, 0.29) is 30.4 Å². The molecule has 0 bridgehead atoms. The van der Waals surface area contributed by atoms with E-state index in [1.807, 2.05) is 42.2 Å². The molecule has 1 aliphatic heterocycles. The Labute approximate surface area is 211 Å². The number of rotatable bonds is 9. The molecular formula is C29H31N3O4. The number of para-hydroxylation sites is 1. The average Bonchev–Trinajstić information content (AvgIpc) is 3.47. The van der Waals surface area contributed by atoms with E-state index in [4.69, 9.17) is 4.74 Å². The number of amides is 3. The van der Waals surface area contributed by atoms with Crippen molar-refractivity contribution < 1.29 is 19.1 Å². The zero-order valence-electron chi connectivity index (χ0n) is 20.4. The van der Waals surface area contributed by atoms with Crippen LogP contribution in [-0.2, 0) is 4.79 Å². The predicted octanol–water partition coefficient (Wildman–Crippen LogP) is 4.82. The number of hydrogen-bond acceptors (Lipinski definition) is 4.